The number of halogens is 1. The molecule has 3 fully saturated rings. The lowest BCUT2D eigenvalue weighted by molar-refractivity contribution is -0.155. The van der Waals surface area contributed by atoms with Gasteiger partial charge < -0.3 is 29.7 Å². The average Bonchev–Trinajstić information content (AvgIpc) is 3.62. The molecule has 1 unspecified atom stereocenters. The van der Waals surface area contributed by atoms with E-state index in [2.05, 4.69) is 55.2 Å². The number of benzene rings is 1. The summed E-state index contributed by atoms with van der Waals surface area (Å²) in [6.07, 6.45) is 4.31. The van der Waals surface area contributed by atoms with E-state index in [4.69, 9.17) is 9.47 Å². The Labute approximate surface area is 293 Å². The number of aliphatic hydroxyl groups excluding tert-OH is 1. The SMILES string of the molecule is C=CCCC(=O)OC[C@@H](NC(=O)[C@@H]1[C@H]2O[C@@]3(CC2Br)[C@H](C(=O)N(CC=C)C(C)(C)CC(C)(C)C)N([C@H](C)CO)C(=O)[C@@H]13)c1ccccc1. The fourth-order valence-corrected chi connectivity index (χ4v) is 9.10. The van der Waals surface area contributed by atoms with Crippen molar-refractivity contribution in [3.05, 3.63) is 61.2 Å². The first-order valence-electron chi connectivity index (χ1n) is 16.8. The maximum absolute atomic E-state index is 14.9. The molecule has 0 aromatic heterocycles. The zero-order valence-corrected chi connectivity index (χ0v) is 30.7. The van der Waals surface area contributed by atoms with E-state index in [0.29, 0.717) is 19.3 Å². The summed E-state index contributed by atoms with van der Waals surface area (Å²) in [4.78, 5) is 59.0. The Kier molecular flexibility index (Phi) is 11.7. The maximum Gasteiger partial charge on any atom is 0.306 e. The molecule has 11 heteroatoms. The lowest BCUT2D eigenvalue weighted by Gasteiger charge is -2.46. The number of likely N-dealkylation sites (tertiary alicyclic amines) is 1. The smallest absolute Gasteiger partial charge is 0.306 e. The monoisotopic (exact) mass is 729 g/mol. The van der Waals surface area contributed by atoms with Crippen LogP contribution in [0.3, 0.4) is 0 Å². The van der Waals surface area contributed by atoms with Gasteiger partial charge in [-0.3, -0.25) is 19.2 Å². The minimum Gasteiger partial charge on any atom is -0.463 e. The fourth-order valence-electron chi connectivity index (χ4n) is 8.16. The molecule has 3 amide bonds. The third-order valence-electron chi connectivity index (χ3n) is 9.76. The van der Waals surface area contributed by atoms with E-state index in [0.717, 1.165) is 5.56 Å². The highest BCUT2D eigenvalue weighted by Gasteiger charge is 2.77. The van der Waals surface area contributed by atoms with Crippen LogP contribution >= 0.6 is 15.9 Å². The second-order valence-corrected chi connectivity index (χ2v) is 16.4. The van der Waals surface area contributed by atoms with E-state index >= 15 is 0 Å². The van der Waals surface area contributed by atoms with Crippen LogP contribution in [-0.2, 0) is 28.7 Å². The topological polar surface area (TPSA) is 125 Å². The maximum atomic E-state index is 14.9. The number of nitrogens with zero attached hydrogens (tertiary/aromatic N) is 2. The molecule has 0 aliphatic carbocycles. The van der Waals surface area contributed by atoms with Crippen molar-refractivity contribution in [2.45, 2.75) is 107 Å². The molecular weight excluding hydrogens is 678 g/mol. The number of hydrogen-bond donors (Lipinski definition) is 2. The van der Waals surface area contributed by atoms with E-state index < -0.39 is 65.0 Å². The van der Waals surface area contributed by atoms with Crippen LogP contribution in [0.1, 0.15) is 78.8 Å². The van der Waals surface area contributed by atoms with Crippen LogP contribution in [-0.4, -0.2) is 92.5 Å². The van der Waals surface area contributed by atoms with E-state index in [1.165, 1.54) is 4.90 Å². The number of nitrogens with one attached hydrogen (secondary N) is 1. The van der Waals surface area contributed by atoms with E-state index in [1.807, 2.05) is 44.2 Å². The number of ether oxygens (including phenoxy) is 2. The molecule has 3 aliphatic heterocycles. The number of fused-ring (bicyclic) bond motifs is 1. The van der Waals surface area contributed by atoms with Gasteiger partial charge in [0.15, 0.2) is 0 Å². The molecule has 8 atom stereocenters. The van der Waals surface area contributed by atoms with E-state index in [9.17, 15) is 24.3 Å². The van der Waals surface area contributed by atoms with Gasteiger partial charge >= 0.3 is 5.97 Å². The first kappa shape index (κ1) is 37.8. The van der Waals surface area contributed by atoms with Crippen molar-refractivity contribution in [1.29, 1.82) is 0 Å². The van der Waals surface area contributed by atoms with Gasteiger partial charge in [-0.15, -0.1) is 13.2 Å². The molecular formula is C37H52BrN3O7. The number of carbonyl (C=O) groups is 4. The molecule has 1 aromatic carbocycles. The van der Waals surface area contributed by atoms with Gasteiger partial charge in [-0.25, -0.2) is 0 Å². The predicted octanol–water partition coefficient (Wildman–Crippen LogP) is 4.71. The van der Waals surface area contributed by atoms with Crippen LogP contribution < -0.4 is 5.32 Å². The van der Waals surface area contributed by atoms with Crippen LogP contribution in [0.25, 0.3) is 0 Å². The van der Waals surface area contributed by atoms with E-state index in [-0.39, 0.29) is 42.3 Å². The highest BCUT2D eigenvalue weighted by atomic mass is 79.9. The standard InChI is InChI=1S/C37H52BrN3O7/c1-9-11-17-27(43)47-21-26(24-15-13-12-14-16-24)39-32(44)28-29-33(45)41(23(3)20-42)31(37(29)19-25(38)30(28)48-37)34(46)40(18-10-2)36(7,8)22-35(4,5)6/h9-10,12-16,23,25-26,28-31,42H,1-2,11,17-22H2,3-8H3,(H,39,44)/t23-,25?,26-,28+,29-,30+,31+,37-/m1/s1. The summed E-state index contributed by atoms with van der Waals surface area (Å²) in [6.45, 7) is 19.4. The molecule has 10 nitrogen and oxygen atoms in total. The van der Waals surface area contributed by atoms with Gasteiger partial charge in [0, 0.05) is 23.3 Å². The summed E-state index contributed by atoms with van der Waals surface area (Å²) < 4.78 is 12.2. The molecule has 3 aliphatic rings. The van der Waals surface area contributed by atoms with Crippen LogP contribution in [0.15, 0.2) is 55.6 Å². The Morgan fingerprint density at radius 3 is 2.44 bits per heavy atom. The molecule has 264 valence electrons. The molecule has 0 saturated carbocycles. The highest BCUT2D eigenvalue weighted by molar-refractivity contribution is 9.09. The predicted molar refractivity (Wildman–Crippen MR) is 187 cm³/mol. The van der Waals surface area contributed by atoms with Gasteiger partial charge in [0.2, 0.25) is 17.7 Å². The lowest BCUT2D eigenvalue weighted by atomic mass is 9.70. The number of hydrogen-bond acceptors (Lipinski definition) is 7. The largest absolute Gasteiger partial charge is 0.463 e. The van der Waals surface area contributed by atoms with Crippen molar-refractivity contribution in [2.75, 3.05) is 19.8 Å². The fraction of sp³-hybridized carbons (Fsp3) is 0.622. The van der Waals surface area contributed by atoms with Crippen LogP contribution in [0.2, 0.25) is 0 Å². The number of aliphatic hydroxyl groups is 1. The highest BCUT2D eigenvalue weighted by Crippen LogP contribution is 2.60. The van der Waals surface area contributed by atoms with Crippen LogP contribution in [0.4, 0.5) is 0 Å². The Bertz CT molecular complexity index is 1380. The number of esters is 1. The summed E-state index contributed by atoms with van der Waals surface area (Å²) in [5, 5.41) is 13.4. The molecule has 2 bridgehead atoms. The summed E-state index contributed by atoms with van der Waals surface area (Å²) in [6, 6.07) is 6.75. The van der Waals surface area contributed by atoms with E-state index in [1.54, 1.807) is 24.0 Å². The first-order chi connectivity index (χ1) is 22.5. The Morgan fingerprint density at radius 2 is 1.85 bits per heavy atom. The second kappa shape index (κ2) is 14.8. The van der Waals surface area contributed by atoms with Crippen molar-refractivity contribution in [3.63, 3.8) is 0 Å². The van der Waals surface area contributed by atoms with Gasteiger partial charge in [0.1, 0.15) is 18.2 Å². The lowest BCUT2D eigenvalue weighted by Crippen LogP contribution is -2.62. The average molecular weight is 731 g/mol. The number of rotatable bonds is 15. The van der Waals surface area contributed by atoms with Crippen molar-refractivity contribution in [1.82, 2.24) is 15.1 Å². The second-order valence-electron chi connectivity index (χ2n) is 15.2. The molecule has 3 saturated heterocycles. The Balaban J connectivity index is 1.71. The third-order valence-corrected chi connectivity index (χ3v) is 10.6. The molecule has 1 spiro atoms. The van der Waals surface area contributed by atoms with Gasteiger partial charge in [0.05, 0.1) is 36.6 Å². The summed E-state index contributed by atoms with van der Waals surface area (Å²) in [7, 11) is 0. The minimum atomic E-state index is -1.30. The zero-order valence-electron chi connectivity index (χ0n) is 29.1. The minimum absolute atomic E-state index is 0.0976. The summed E-state index contributed by atoms with van der Waals surface area (Å²) in [5.74, 6) is -3.41. The van der Waals surface area contributed by atoms with Gasteiger partial charge in [-0.1, -0.05) is 79.2 Å². The Morgan fingerprint density at radius 1 is 1.19 bits per heavy atom. The van der Waals surface area contributed by atoms with Gasteiger partial charge in [-0.2, -0.15) is 0 Å². The number of alkyl halides is 1. The third kappa shape index (κ3) is 7.43. The molecule has 4 rings (SSSR count). The van der Waals surface area contributed by atoms with Crippen molar-refractivity contribution >= 4 is 39.6 Å². The quantitative estimate of drug-likeness (QED) is 0.152. The first-order valence-corrected chi connectivity index (χ1v) is 17.7. The Hall–Kier alpha value is -3.02. The van der Waals surface area contributed by atoms with Crippen LogP contribution in [0.5, 0.6) is 0 Å². The molecule has 1 aromatic rings. The number of allylic oxidation sites excluding steroid dienone is 1. The van der Waals surface area contributed by atoms with Crippen LogP contribution in [0, 0.1) is 17.3 Å². The van der Waals surface area contributed by atoms with Crippen molar-refractivity contribution in [3.8, 4) is 0 Å². The summed E-state index contributed by atoms with van der Waals surface area (Å²) in [5.41, 5.74) is -1.27. The molecule has 0 radical (unpaired) electrons. The van der Waals surface area contributed by atoms with Crippen molar-refractivity contribution in [2.24, 2.45) is 17.3 Å². The zero-order chi connectivity index (χ0) is 35.6. The molecule has 48 heavy (non-hydrogen) atoms. The number of carbonyl (C=O) groups excluding carboxylic acids is 4. The van der Waals surface area contributed by atoms with Gasteiger partial charge in [-0.05, 0) is 51.0 Å². The molecule has 2 N–H and O–H groups in total. The summed E-state index contributed by atoms with van der Waals surface area (Å²) >= 11 is 3.74. The normalized spacial score (nSPS) is 27.6. The van der Waals surface area contributed by atoms with Gasteiger partial charge in [0.25, 0.3) is 0 Å². The van der Waals surface area contributed by atoms with Crippen molar-refractivity contribution < 1.29 is 33.8 Å². The molecule has 3 heterocycles. The number of amides is 3.